The molecule has 0 bridgehead atoms. The van der Waals surface area contributed by atoms with E-state index in [0.717, 1.165) is 6.08 Å². The van der Waals surface area contributed by atoms with Gasteiger partial charge in [-0.15, -0.1) is 0 Å². The van der Waals surface area contributed by atoms with Crippen molar-refractivity contribution in [2.75, 3.05) is 21.3 Å². The minimum absolute atomic E-state index is 0.0950. The molecule has 1 aromatic carbocycles. The molecule has 0 heterocycles. The number of rotatable bonds is 3. The molecule has 0 aliphatic heterocycles. The lowest BCUT2D eigenvalue weighted by atomic mass is 9.93. The van der Waals surface area contributed by atoms with E-state index in [2.05, 4.69) is 0 Å². The van der Waals surface area contributed by atoms with E-state index in [-0.39, 0.29) is 33.4 Å². The van der Waals surface area contributed by atoms with Gasteiger partial charge in [0.1, 0.15) is 0 Å². The van der Waals surface area contributed by atoms with Crippen LogP contribution >= 0.6 is 11.6 Å². The van der Waals surface area contributed by atoms with E-state index in [1.165, 1.54) is 27.4 Å². The fourth-order valence-corrected chi connectivity index (χ4v) is 2.15. The van der Waals surface area contributed by atoms with Crippen LogP contribution in [-0.4, -0.2) is 32.9 Å². The minimum atomic E-state index is -0.478. The zero-order valence-electron chi connectivity index (χ0n) is 10.6. The molecule has 0 spiro atoms. The number of allylic oxidation sites excluding steroid dienone is 2. The Morgan fingerprint density at radius 3 is 2.16 bits per heavy atom. The van der Waals surface area contributed by atoms with E-state index in [1.54, 1.807) is 0 Å². The number of halogens is 1. The van der Waals surface area contributed by atoms with Crippen LogP contribution < -0.4 is 14.2 Å². The van der Waals surface area contributed by atoms with Crippen molar-refractivity contribution >= 4 is 23.2 Å². The Labute approximate surface area is 114 Å². The van der Waals surface area contributed by atoms with E-state index in [9.17, 15) is 9.59 Å². The average molecular weight is 283 g/mol. The zero-order chi connectivity index (χ0) is 14.2. The molecular weight excluding hydrogens is 272 g/mol. The number of methoxy groups -OCH3 is 3. The number of hydrogen-bond donors (Lipinski definition) is 0. The third-order valence-electron chi connectivity index (χ3n) is 2.80. The molecule has 19 heavy (non-hydrogen) atoms. The topological polar surface area (TPSA) is 61.8 Å². The van der Waals surface area contributed by atoms with Crippen LogP contribution in [0.3, 0.4) is 0 Å². The van der Waals surface area contributed by atoms with Crippen molar-refractivity contribution in [3.05, 3.63) is 28.3 Å². The SMILES string of the molecule is COc1cc2c(c(OC)c1OC)C(=O)C(Cl)=CC2=O. The lowest BCUT2D eigenvalue weighted by Crippen LogP contribution is -2.17. The number of ether oxygens (including phenoxy) is 3. The zero-order valence-corrected chi connectivity index (χ0v) is 11.3. The number of Topliss-reactive ketones (excluding diaryl/α,β-unsaturated/α-hetero) is 1. The van der Waals surface area contributed by atoms with E-state index in [4.69, 9.17) is 25.8 Å². The largest absolute Gasteiger partial charge is 0.493 e. The Morgan fingerprint density at radius 1 is 1.00 bits per heavy atom. The summed E-state index contributed by atoms with van der Waals surface area (Å²) in [5.41, 5.74) is 0.279. The average Bonchev–Trinajstić information content (AvgIpc) is 2.42. The van der Waals surface area contributed by atoms with Gasteiger partial charge in [-0.2, -0.15) is 0 Å². The van der Waals surface area contributed by atoms with Gasteiger partial charge in [0.2, 0.25) is 11.5 Å². The number of carbonyl (C=O) groups is 2. The lowest BCUT2D eigenvalue weighted by Gasteiger charge is -2.19. The van der Waals surface area contributed by atoms with E-state index in [0.29, 0.717) is 5.75 Å². The Morgan fingerprint density at radius 2 is 1.63 bits per heavy atom. The van der Waals surface area contributed by atoms with Gasteiger partial charge in [-0.05, 0) is 6.07 Å². The maximum atomic E-state index is 12.1. The second-order valence-corrected chi connectivity index (χ2v) is 4.16. The quantitative estimate of drug-likeness (QED) is 0.850. The molecule has 100 valence electrons. The first-order valence-corrected chi connectivity index (χ1v) is 5.72. The van der Waals surface area contributed by atoms with Gasteiger partial charge in [0, 0.05) is 11.6 Å². The molecule has 0 radical (unpaired) electrons. The van der Waals surface area contributed by atoms with Crippen LogP contribution in [0, 0.1) is 0 Å². The fraction of sp³-hybridized carbons (Fsp3) is 0.231. The molecule has 0 aromatic heterocycles. The third-order valence-corrected chi connectivity index (χ3v) is 3.08. The first-order chi connectivity index (χ1) is 9.04. The van der Waals surface area contributed by atoms with Crippen LogP contribution in [0.1, 0.15) is 20.7 Å². The summed E-state index contributed by atoms with van der Waals surface area (Å²) >= 11 is 5.75. The number of carbonyl (C=O) groups excluding carboxylic acids is 2. The van der Waals surface area contributed by atoms with E-state index < -0.39 is 5.78 Å². The van der Waals surface area contributed by atoms with Gasteiger partial charge < -0.3 is 14.2 Å². The number of hydrogen-bond acceptors (Lipinski definition) is 5. The third kappa shape index (κ3) is 1.96. The predicted molar refractivity (Wildman–Crippen MR) is 68.7 cm³/mol. The molecule has 1 aliphatic carbocycles. The fourth-order valence-electron chi connectivity index (χ4n) is 1.95. The number of benzene rings is 1. The van der Waals surface area contributed by atoms with Gasteiger partial charge in [-0.25, -0.2) is 0 Å². The van der Waals surface area contributed by atoms with Crippen LogP contribution in [0.15, 0.2) is 17.2 Å². The molecule has 0 saturated carbocycles. The molecule has 0 amide bonds. The summed E-state index contributed by atoms with van der Waals surface area (Å²) in [6, 6.07) is 1.44. The predicted octanol–water partition coefficient (Wildman–Crippen LogP) is 2.21. The van der Waals surface area contributed by atoms with Crippen LogP contribution in [0.2, 0.25) is 0 Å². The van der Waals surface area contributed by atoms with Gasteiger partial charge in [-0.1, -0.05) is 11.6 Å². The summed E-state index contributed by atoms with van der Waals surface area (Å²) in [5, 5.41) is -0.150. The van der Waals surface area contributed by atoms with Crippen LogP contribution in [0.4, 0.5) is 0 Å². The van der Waals surface area contributed by atoms with E-state index >= 15 is 0 Å². The van der Waals surface area contributed by atoms with Gasteiger partial charge in [0.25, 0.3) is 0 Å². The maximum absolute atomic E-state index is 12.1. The van der Waals surface area contributed by atoms with Crippen molar-refractivity contribution < 1.29 is 23.8 Å². The lowest BCUT2D eigenvalue weighted by molar-refractivity contribution is 0.0987. The van der Waals surface area contributed by atoms with Gasteiger partial charge in [0.05, 0.1) is 31.9 Å². The molecule has 0 atom stereocenters. The molecular formula is C13H11ClO5. The molecule has 0 saturated heterocycles. The minimum Gasteiger partial charge on any atom is -0.493 e. The second-order valence-electron chi connectivity index (χ2n) is 3.75. The Hall–Kier alpha value is -2.01. The molecule has 1 aliphatic rings. The maximum Gasteiger partial charge on any atom is 0.209 e. The molecule has 1 aromatic rings. The molecule has 0 N–H and O–H groups in total. The number of ketones is 2. The van der Waals surface area contributed by atoms with Crippen molar-refractivity contribution in [2.45, 2.75) is 0 Å². The van der Waals surface area contributed by atoms with Crippen molar-refractivity contribution in [3.8, 4) is 17.2 Å². The monoisotopic (exact) mass is 282 g/mol. The summed E-state index contributed by atoms with van der Waals surface area (Å²) in [4.78, 5) is 24.0. The normalized spacial score (nSPS) is 13.8. The summed E-state index contributed by atoms with van der Waals surface area (Å²) < 4.78 is 15.5. The highest BCUT2D eigenvalue weighted by Gasteiger charge is 2.32. The highest BCUT2D eigenvalue weighted by molar-refractivity contribution is 6.49. The smallest absolute Gasteiger partial charge is 0.209 e. The van der Waals surface area contributed by atoms with Crippen molar-refractivity contribution in [3.63, 3.8) is 0 Å². The Balaban J connectivity index is 2.83. The number of fused-ring (bicyclic) bond motifs is 1. The summed E-state index contributed by atoms with van der Waals surface area (Å²) in [7, 11) is 4.22. The van der Waals surface area contributed by atoms with Gasteiger partial charge in [-0.3, -0.25) is 9.59 Å². The molecule has 0 unspecified atom stereocenters. The molecule has 6 heteroatoms. The summed E-state index contributed by atoms with van der Waals surface area (Å²) in [6.07, 6.45) is 1.08. The molecule has 2 rings (SSSR count). The Bertz CT molecular complexity index is 604. The Kier molecular flexibility index (Phi) is 3.48. The van der Waals surface area contributed by atoms with Crippen LogP contribution in [0.25, 0.3) is 0 Å². The summed E-state index contributed by atoms with van der Waals surface area (Å²) in [5.74, 6) is -0.156. The van der Waals surface area contributed by atoms with Crippen molar-refractivity contribution in [1.82, 2.24) is 0 Å². The van der Waals surface area contributed by atoms with Gasteiger partial charge >= 0.3 is 0 Å². The van der Waals surface area contributed by atoms with Crippen LogP contribution in [-0.2, 0) is 0 Å². The van der Waals surface area contributed by atoms with Crippen LogP contribution in [0.5, 0.6) is 17.2 Å². The highest BCUT2D eigenvalue weighted by atomic mass is 35.5. The molecule has 5 nitrogen and oxygen atoms in total. The second kappa shape index (κ2) is 4.93. The summed E-state index contributed by atoms with van der Waals surface area (Å²) in [6.45, 7) is 0. The first kappa shape index (κ1) is 13.4. The van der Waals surface area contributed by atoms with Crippen molar-refractivity contribution in [1.29, 1.82) is 0 Å². The standard InChI is InChI=1S/C13H11ClO5/c1-17-9-4-6-8(15)5-7(14)11(16)10(6)13(19-3)12(9)18-2/h4-5H,1-3H3. The van der Waals surface area contributed by atoms with E-state index in [1.807, 2.05) is 0 Å². The van der Waals surface area contributed by atoms with Gasteiger partial charge in [0.15, 0.2) is 17.3 Å². The van der Waals surface area contributed by atoms with Crippen molar-refractivity contribution in [2.24, 2.45) is 0 Å². The molecule has 0 fully saturated rings. The first-order valence-electron chi connectivity index (χ1n) is 5.34. The highest BCUT2D eigenvalue weighted by Crippen LogP contribution is 2.44.